The van der Waals surface area contributed by atoms with Gasteiger partial charge in [-0.25, -0.2) is 0 Å². The quantitative estimate of drug-likeness (QED) is 0.697. The van der Waals surface area contributed by atoms with Crippen molar-refractivity contribution in [2.75, 3.05) is 26.2 Å². The lowest BCUT2D eigenvalue weighted by molar-refractivity contribution is -0.122. The molecule has 0 spiro atoms. The van der Waals surface area contributed by atoms with Crippen LogP contribution in [0, 0.1) is 5.92 Å². The van der Waals surface area contributed by atoms with Gasteiger partial charge in [0, 0.05) is 12.6 Å². The summed E-state index contributed by atoms with van der Waals surface area (Å²) in [6, 6.07) is 0.334. The third kappa shape index (κ3) is 4.10. The molecule has 0 aromatic carbocycles. The van der Waals surface area contributed by atoms with Gasteiger partial charge in [0.2, 0.25) is 5.91 Å². The van der Waals surface area contributed by atoms with Crippen molar-refractivity contribution in [3.8, 4) is 0 Å². The van der Waals surface area contributed by atoms with Crippen LogP contribution in [0.15, 0.2) is 0 Å². The zero-order chi connectivity index (χ0) is 12.0. The van der Waals surface area contributed by atoms with Gasteiger partial charge in [0.1, 0.15) is 0 Å². The second kappa shape index (κ2) is 6.86. The van der Waals surface area contributed by atoms with Crippen LogP contribution in [0.25, 0.3) is 0 Å². The van der Waals surface area contributed by atoms with Crippen molar-refractivity contribution in [3.63, 3.8) is 0 Å². The van der Waals surface area contributed by atoms with Crippen LogP contribution in [0.5, 0.6) is 0 Å². The Morgan fingerprint density at radius 2 is 2.19 bits per heavy atom. The molecule has 94 valence electrons. The van der Waals surface area contributed by atoms with Crippen LogP contribution in [-0.2, 0) is 4.79 Å². The maximum Gasteiger partial charge on any atom is 0.234 e. The van der Waals surface area contributed by atoms with E-state index in [9.17, 15) is 4.79 Å². The molecule has 0 aliphatic carbocycles. The van der Waals surface area contributed by atoms with E-state index >= 15 is 0 Å². The summed E-state index contributed by atoms with van der Waals surface area (Å²) in [5.74, 6) is 0.743. The molecule has 1 amide bonds. The van der Waals surface area contributed by atoms with E-state index in [4.69, 9.17) is 5.73 Å². The Morgan fingerprint density at radius 3 is 2.69 bits per heavy atom. The van der Waals surface area contributed by atoms with Crippen molar-refractivity contribution in [1.29, 1.82) is 0 Å². The summed E-state index contributed by atoms with van der Waals surface area (Å²) in [7, 11) is 0. The highest BCUT2D eigenvalue weighted by Gasteiger charge is 2.23. The van der Waals surface area contributed by atoms with Crippen molar-refractivity contribution in [3.05, 3.63) is 0 Å². The third-order valence-corrected chi connectivity index (χ3v) is 3.42. The Bertz CT molecular complexity index is 216. The Hall–Kier alpha value is -0.610. The van der Waals surface area contributed by atoms with Gasteiger partial charge in [-0.2, -0.15) is 0 Å². The molecule has 0 aromatic heterocycles. The molecule has 1 aliphatic rings. The maximum atomic E-state index is 11.7. The summed E-state index contributed by atoms with van der Waals surface area (Å²) in [6.45, 7) is 7.48. The fraction of sp³-hybridized carbons (Fsp3) is 0.917. The molecule has 1 heterocycles. The molecule has 1 unspecified atom stereocenters. The van der Waals surface area contributed by atoms with Gasteiger partial charge >= 0.3 is 0 Å². The Labute approximate surface area is 98.6 Å². The van der Waals surface area contributed by atoms with Gasteiger partial charge < -0.3 is 11.1 Å². The predicted molar refractivity (Wildman–Crippen MR) is 66.1 cm³/mol. The maximum absolute atomic E-state index is 11.7. The van der Waals surface area contributed by atoms with Gasteiger partial charge in [-0.1, -0.05) is 13.8 Å². The molecular weight excluding hydrogens is 202 g/mol. The van der Waals surface area contributed by atoms with Crippen LogP contribution in [0.2, 0.25) is 0 Å². The monoisotopic (exact) mass is 227 g/mol. The van der Waals surface area contributed by atoms with Gasteiger partial charge in [-0.3, -0.25) is 9.69 Å². The van der Waals surface area contributed by atoms with Gasteiger partial charge in [0.05, 0.1) is 6.54 Å². The summed E-state index contributed by atoms with van der Waals surface area (Å²) >= 11 is 0. The minimum Gasteiger partial charge on any atom is -0.352 e. The first-order valence-electron chi connectivity index (χ1n) is 6.41. The molecule has 1 rings (SSSR count). The molecule has 0 aromatic rings. The Balaban J connectivity index is 2.24. The molecule has 4 heteroatoms. The molecule has 0 saturated carbocycles. The third-order valence-electron chi connectivity index (χ3n) is 3.42. The van der Waals surface area contributed by atoms with E-state index in [1.807, 2.05) is 0 Å². The summed E-state index contributed by atoms with van der Waals surface area (Å²) < 4.78 is 0. The Kier molecular flexibility index (Phi) is 5.77. The molecule has 1 atom stereocenters. The van der Waals surface area contributed by atoms with Crippen molar-refractivity contribution in [2.24, 2.45) is 11.7 Å². The number of nitrogens with one attached hydrogen (secondary N) is 1. The highest BCUT2D eigenvalue weighted by Crippen LogP contribution is 2.13. The number of nitrogens with zero attached hydrogens (tertiary/aromatic N) is 1. The van der Waals surface area contributed by atoms with Crippen LogP contribution in [0.1, 0.15) is 33.1 Å². The zero-order valence-corrected chi connectivity index (χ0v) is 10.5. The van der Waals surface area contributed by atoms with Crippen LogP contribution in [0.3, 0.4) is 0 Å². The van der Waals surface area contributed by atoms with E-state index in [1.165, 1.54) is 0 Å². The second-order valence-corrected chi connectivity index (χ2v) is 4.71. The van der Waals surface area contributed by atoms with Crippen LogP contribution >= 0.6 is 0 Å². The van der Waals surface area contributed by atoms with Gasteiger partial charge in [-0.15, -0.1) is 0 Å². The standard InChI is InChI=1S/C12H25N3O/c1-3-11(4-2)14-12(16)9-15-6-5-10(7-13)8-15/h10-11H,3-9,13H2,1-2H3,(H,14,16). The minimum atomic E-state index is 0.159. The number of carbonyl (C=O) groups excluding carboxylic acids is 1. The summed E-state index contributed by atoms with van der Waals surface area (Å²) in [5.41, 5.74) is 5.62. The highest BCUT2D eigenvalue weighted by molar-refractivity contribution is 5.78. The smallest absolute Gasteiger partial charge is 0.234 e. The van der Waals surface area contributed by atoms with Crippen LogP contribution in [-0.4, -0.2) is 43.0 Å². The van der Waals surface area contributed by atoms with E-state index in [0.29, 0.717) is 18.5 Å². The fourth-order valence-corrected chi connectivity index (χ4v) is 2.22. The largest absolute Gasteiger partial charge is 0.352 e. The van der Waals surface area contributed by atoms with Gasteiger partial charge in [0.25, 0.3) is 0 Å². The summed E-state index contributed by atoms with van der Waals surface area (Å²) in [5, 5.41) is 3.06. The molecule has 1 saturated heterocycles. The number of amides is 1. The summed E-state index contributed by atoms with van der Waals surface area (Å²) in [4.78, 5) is 13.9. The first kappa shape index (κ1) is 13.5. The number of hydrogen-bond acceptors (Lipinski definition) is 3. The van der Waals surface area contributed by atoms with E-state index < -0.39 is 0 Å². The lowest BCUT2D eigenvalue weighted by Crippen LogP contribution is -2.41. The van der Waals surface area contributed by atoms with Crippen LogP contribution < -0.4 is 11.1 Å². The molecular formula is C12H25N3O. The average Bonchev–Trinajstić information content (AvgIpc) is 2.73. The zero-order valence-electron chi connectivity index (χ0n) is 10.5. The van der Waals surface area contributed by atoms with Crippen molar-refractivity contribution in [2.45, 2.75) is 39.2 Å². The normalized spacial score (nSPS) is 21.6. The van der Waals surface area contributed by atoms with E-state index in [-0.39, 0.29) is 5.91 Å². The van der Waals surface area contributed by atoms with E-state index in [0.717, 1.165) is 38.9 Å². The molecule has 1 aliphatic heterocycles. The molecule has 3 N–H and O–H groups in total. The molecule has 1 fully saturated rings. The second-order valence-electron chi connectivity index (χ2n) is 4.71. The first-order chi connectivity index (χ1) is 7.69. The van der Waals surface area contributed by atoms with E-state index in [1.54, 1.807) is 0 Å². The number of rotatable bonds is 6. The lowest BCUT2D eigenvalue weighted by atomic mass is 10.1. The van der Waals surface area contributed by atoms with Gasteiger partial charge in [0.15, 0.2) is 0 Å². The molecule has 0 bridgehead atoms. The number of nitrogens with two attached hydrogens (primary N) is 1. The van der Waals surface area contributed by atoms with Gasteiger partial charge in [-0.05, 0) is 38.3 Å². The summed E-state index contributed by atoms with van der Waals surface area (Å²) in [6.07, 6.45) is 3.15. The molecule has 4 nitrogen and oxygen atoms in total. The topological polar surface area (TPSA) is 58.4 Å². The number of carbonyl (C=O) groups is 1. The lowest BCUT2D eigenvalue weighted by Gasteiger charge is -2.19. The van der Waals surface area contributed by atoms with E-state index in [2.05, 4.69) is 24.1 Å². The SMILES string of the molecule is CCC(CC)NC(=O)CN1CCC(CN)C1. The number of hydrogen-bond donors (Lipinski definition) is 2. The van der Waals surface area contributed by atoms with Crippen LogP contribution in [0.4, 0.5) is 0 Å². The first-order valence-corrected chi connectivity index (χ1v) is 6.41. The fourth-order valence-electron chi connectivity index (χ4n) is 2.22. The highest BCUT2D eigenvalue weighted by atomic mass is 16.2. The van der Waals surface area contributed by atoms with Crippen molar-refractivity contribution < 1.29 is 4.79 Å². The molecule has 16 heavy (non-hydrogen) atoms. The Morgan fingerprint density at radius 1 is 1.50 bits per heavy atom. The average molecular weight is 227 g/mol. The van der Waals surface area contributed by atoms with Crippen molar-refractivity contribution >= 4 is 5.91 Å². The van der Waals surface area contributed by atoms with Crippen molar-refractivity contribution in [1.82, 2.24) is 10.2 Å². The predicted octanol–water partition coefficient (Wildman–Crippen LogP) is 0.572. The number of likely N-dealkylation sites (tertiary alicyclic amines) is 1. The minimum absolute atomic E-state index is 0.159. The molecule has 0 radical (unpaired) electrons.